The van der Waals surface area contributed by atoms with Crippen molar-refractivity contribution >= 4 is 18.0 Å². The van der Waals surface area contributed by atoms with Gasteiger partial charge in [-0.3, -0.25) is 4.79 Å². The van der Waals surface area contributed by atoms with E-state index in [1.165, 1.54) is 12.8 Å². The predicted molar refractivity (Wildman–Crippen MR) is 59.0 cm³/mol. The molecular formula is C12H11NO2. The lowest BCUT2D eigenvalue weighted by Gasteiger charge is -1.97. The van der Waals surface area contributed by atoms with Crippen LogP contribution in [-0.4, -0.2) is 6.29 Å². The van der Waals surface area contributed by atoms with Gasteiger partial charge >= 0.3 is 0 Å². The smallest absolute Gasteiger partial charge is 0.152 e. The Hall–Kier alpha value is -1.77. The van der Waals surface area contributed by atoms with Gasteiger partial charge in [-0.15, -0.1) is 4.91 Å². The van der Waals surface area contributed by atoms with E-state index < -0.39 is 0 Å². The highest BCUT2D eigenvalue weighted by molar-refractivity contribution is 5.83. The van der Waals surface area contributed by atoms with Crippen LogP contribution in [-0.2, 0) is 0 Å². The van der Waals surface area contributed by atoms with E-state index in [2.05, 4.69) is 11.3 Å². The van der Waals surface area contributed by atoms with Crippen LogP contribution in [0.2, 0.25) is 0 Å². The van der Waals surface area contributed by atoms with Gasteiger partial charge < -0.3 is 0 Å². The second-order valence-corrected chi connectivity index (χ2v) is 3.72. The van der Waals surface area contributed by atoms with Crippen molar-refractivity contribution in [3.05, 3.63) is 40.3 Å². The molecule has 0 saturated heterocycles. The Morgan fingerprint density at radius 1 is 1.33 bits per heavy atom. The maximum atomic E-state index is 10.6. The molecule has 0 amide bonds. The number of carbonyl (C=O) groups excluding carboxylic acids is 1. The molecule has 0 bridgehead atoms. The zero-order chi connectivity index (χ0) is 10.7. The first-order chi connectivity index (χ1) is 7.33. The van der Waals surface area contributed by atoms with Crippen molar-refractivity contribution in [3.8, 4) is 0 Å². The lowest BCUT2D eigenvalue weighted by Crippen LogP contribution is -1.81. The first-order valence-electron chi connectivity index (χ1n) is 4.94. The normalized spacial score (nSPS) is 15.5. The summed E-state index contributed by atoms with van der Waals surface area (Å²) in [6.07, 6.45) is 7.25. The summed E-state index contributed by atoms with van der Waals surface area (Å²) in [5.41, 5.74) is 1.47. The fourth-order valence-corrected chi connectivity index (χ4v) is 1.38. The van der Waals surface area contributed by atoms with Gasteiger partial charge in [0.05, 0.1) is 0 Å². The van der Waals surface area contributed by atoms with Gasteiger partial charge in [-0.1, -0.05) is 18.2 Å². The third-order valence-electron chi connectivity index (χ3n) is 2.46. The van der Waals surface area contributed by atoms with E-state index in [-0.39, 0.29) is 5.69 Å². The SMILES string of the molecule is O=Cc1ccc(/C=C/C2CC2)cc1N=O. The largest absolute Gasteiger partial charge is 0.298 e. The van der Waals surface area contributed by atoms with Gasteiger partial charge in [0.25, 0.3) is 0 Å². The van der Waals surface area contributed by atoms with Crippen molar-refractivity contribution in [1.29, 1.82) is 0 Å². The molecule has 15 heavy (non-hydrogen) atoms. The third-order valence-corrected chi connectivity index (χ3v) is 2.46. The minimum atomic E-state index is 0.211. The van der Waals surface area contributed by atoms with Crippen molar-refractivity contribution in [2.45, 2.75) is 12.8 Å². The highest BCUT2D eigenvalue weighted by Gasteiger charge is 2.16. The van der Waals surface area contributed by atoms with E-state index in [0.717, 1.165) is 5.56 Å². The topological polar surface area (TPSA) is 46.5 Å². The molecule has 1 saturated carbocycles. The Bertz CT molecular complexity index is 420. The quantitative estimate of drug-likeness (QED) is 0.554. The molecule has 1 aromatic rings. The lowest BCUT2D eigenvalue weighted by atomic mass is 10.1. The second kappa shape index (κ2) is 4.17. The van der Waals surface area contributed by atoms with Gasteiger partial charge in [-0.25, -0.2) is 0 Å². The van der Waals surface area contributed by atoms with Crippen LogP contribution in [0.3, 0.4) is 0 Å². The number of rotatable bonds is 4. The second-order valence-electron chi connectivity index (χ2n) is 3.72. The summed E-state index contributed by atoms with van der Waals surface area (Å²) < 4.78 is 0. The van der Waals surface area contributed by atoms with Crippen molar-refractivity contribution in [3.63, 3.8) is 0 Å². The molecule has 0 aliphatic heterocycles. The molecule has 0 unspecified atom stereocenters. The Morgan fingerprint density at radius 3 is 2.73 bits per heavy atom. The molecule has 1 aliphatic carbocycles. The van der Waals surface area contributed by atoms with Crippen LogP contribution >= 0.6 is 0 Å². The van der Waals surface area contributed by atoms with Gasteiger partial charge in [-0.05, 0) is 41.6 Å². The first-order valence-corrected chi connectivity index (χ1v) is 4.94. The molecule has 0 atom stereocenters. The van der Waals surface area contributed by atoms with Crippen molar-refractivity contribution in [1.82, 2.24) is 0 Å². The van der Waals surface area contributed by atoms with Crippen LogP contribution in [0.15, 0.2) is 29.5 Å². The molecule has 0 heterocycles. The summed E-state index contributed by atoms with van der Waals surface area (Å²) in [5, 5.41) is 2.83. The van der Waals surface area contributed by atoms with Crippen molar-refractivity contribution in [2.24, 2.45) is 11.1 Å². The van der Waals surface area contributed by atoms with Crippen LogP contribution in [0.5, 0.6) is 0 Å². The molecule has 76 valence electrons. The molecule has 3 heteroatoms. The predicted octanol–water partition coefficient (Wildman–Crippen LogP) is 3.32. The number of allylic oxidation sites excluding steroid dienone is 1. The fourth-order valence-electron chi connectivity index (χ4n) is 1.38. The summed E-state index contributed by atoms with van der Waals surface area (Å²) in [7, 11) is 0. The molecular weight excluding hydrogens is 190 g/mol. The van der Waals surface area contributed by atoms with E-state index in [9.17, 15) is 9.70 Å². The molecule has 2 rings (SSSR count). The fraction of sp³-hybridized carbons (Fsp3) is 0.250. The van der Waals surface area contributed by atoms with Crippen LogP contribution in [0.1, 0.15) is 28.8 Å². The number of aldehydes is 1. The van der Waals surface area contributed by atoms with Gasteiger partial charge in [0.2, 0.25) is 0 Å². The summed E-state index contributed by atoms with van der Waals surface area (Å²) in [6.45, 7) is 0. The molecule has 0 spiro atoms. The summed E-state index contributed by atoms with van der Waals surface area (Å²) in [6, 6.07) is 5.07. The van der Waals surface area contributed by atoms with Crippen molar-refractivity contribution in [2.75, 3.05) is 0 Å². The number of nitrogens with zero attached hydrogens (tertiary/aromatic N) is 1. The number of hydrogen-bond donors (Lipinski definition) is 0. The van der Waals surface area contributed by atoms with Gasteiger partial charge in [0, 0.05) is 5.56 Å². The Balaban J connectivity index is 2.24. The molecule has 0 radical (unpaired) electrons. The highest BCUT2D eigenvalue weighted by Crippen LogP contribution is 2.31. The molecule has 1 fully saturated rings. The average Bonchev–Trinajstić information content (AvgIpc) is 3.09. The van der Waals surface area contributed by atoms with Crippen LogP contribution < -0.4 is 0 Å². The van der Waals surface area contributed by atoms with E-state index >= 15 is 0 Å². The molecule has 1 aromatic carbocycles. The monoisotopic (exact) mass is 201 g/mol. The van der Waals surface area contributed by atoms with Gasteiger partial charge in [0.15, 0.2) is 6.29 Å². The lowest BCUT2D eigenvalue weighted by molar-refractivity contribution is 0.112. The summed E-state index contributed by atoms with van der Waals surface area (Å²) >= 11 is 0. The average molecular weight is 201 g/mol. The Kier molecular flexibility index (Phi) is 2.72. The molecule has 0 N–H and O–H groups in total. The van der Waals surface area contributed by atoms with Crippen LogP contribution in [0.25, 0.3) is 6.08 Å². The maximum Gasteiger partial charge on any atom is 0.152 e. The molecule has 1 aliphatic rings. The summed E-state index contributed by atoms with van der Waals surface area (Å²) in [4.78, 5) is 21.0. The maximum absolute atomic E-state index is 10.6. The number of hydrogen-bond acceptors (Lipinski definition) is 3. The van der Waals surface area contributed by atoms with E-state index in [0.29, 0.717) is 17.8 Å². The summed E-state index contributed by atoms with van der Waals surface area (Å²) in [5.74, 6) is 0.698. The molecule has 3 nitrogen and oxygen atoms in total. The Morgan fingerprint density at radius 2 is 2.13 bits per heavy atom. The van der Waals surface area contributed by atoms with Crippen LogP contribution in [0.4, 0.5) is 5.69 Å². The van der Waals surface area contributed by atoms with E-state index in [4.69, 9.17) is 0 Å². The minimum Gasteiger partial charge on any atom is -0.298 e. The zero-order valence-electron chi connectivity index (χ0n) is 8.22. The minimum absolute atomic E-state index is 0.211. The third kappa shape index (κ3) is 2.37. The van der Waals surface area contributed by atoms with Gasteiger partial charge in [-0.2, -0.15) is 0 Å². The standard InChI is InChI=1S/C12H11NO2/c14-8-11-6-5-10(7-12(11)13-15)4-3-9-1-2-9/h3-9H,1-2H2/b4-3+. The zero-order valence-corrected chi connectivity index (χ0v) is 8.22. The number of benzene rings is 1. The van der Waals surface area contributed by atoms with E-state index in [1.807, 2.05) is 12.1 Å². The number of carbonyl (C=O) groups is 1. The first kappa shape index (κ1) is 9.77. The van der Waals surface area contributed by atoms with E-state index in [1.54, 1.807) is 12.1 Å². The molecule has 0 aromatic heterocycles. The number of nitroso groups, excluding NO2 is 1. The van der Waals surface area contributed by atoms with Crippen LogP contribution in [0, 0.1) is 10.8 Å². The highest BCUT2D eigenvalue weighted by atomic mass is 16.3. The Labute approximate surface area is 87.8 Å². The van der Waals surface area contributed by atoms with Crippen molar-refractivity contribution < 1.29 is 4.79 Å². The van der Waals surface area contributed by atoms with Gasteiger partial charge in [0.1, 0.15) is 5.69 Å².